The molecule has 0 saturated carbocycles. The van der Waals surface area contributed by atoms with Gasteiger partial charge in [-0.15, -0.1) is 24.8 Å². The first-order valence-electron chi connectivity index (χ1n) is 14.0. The first kappa shape index (κ1) is 33.7. The molecule has 0 spiro atoms. The number of anilines is 1. The van der Waals surface area contributed by atoms with Crippen LogP contribution in [0.4, 0.5) is 18.9 Å². The van der Waals surface area contributed by atoms with Crippen LogP contribution >= 0.6 is 24.8 Å². The number of hydrogen-bond donors (Lipinski definition) is 1. The van der Waals surface area contributed by atoms with E-state index in [2.05, 4.69) is 34.2 Å². The zero-order valence-corrected chi connectivity index (χ0v) is 25.5. The summed E-state index contributed by atoms with van der Waals surface area (Å²) in [4.78, 5) is 17.5. The zero-order valence-electron chi connectivity index (χ0n) is 23.9. The van der Waals surface area contributed by atoms with E-state index in [1.165, 1.54) is 11.1 Å². The molecular formula is C32H38Cl2F3N3O2. The third-order valence-corrected chi connectivity index (χ3v) is 8.18. The van der Waals surface area contributed by atoms with Crippen LogP contribution < -0.4 is 10.1 Å². The molecule has 3 aromatic carbocycles. The molecule has 5 rings (SSSR count). The van der Waals surface area contributed by atoms with Crippen molar-refractivity contribution in [2.75, 3.05) is 32.0 Å². The fourth-order valence-corrected chi connectivity index (χ4v) is 5.82. The molecular weight excluding hydrogens is 586 g/mol. The van der Waals surface area contributed by atoms with E-state index in [4.69, 9.17) is 4.74 Å². The van der Waals surface area contributed by atoms with Crippen LogP contribution in [0.25, 0.3) is 0 Å². The number of carbonyl (C=O) groups excluding carboxylic acids is 1. The Hall–Kier alpha value is -2.78. The van der Waals surface area contributed by atoms with E-state index >= 15 is 0 Å². The minimum absolute atomic E-state index is 0. The molecule has 2 aliphatic rings. The Balaban J connectivity index is 0.00000242. The summed E-state index contributed by atoms with van der Waals surface area (Å²) in [6, 6.07) is 14.6. The van der Waals surface area contributed by atoms with Crippen molar-refractivity contribution in [1.82, 2.24) is 9.80 Å². The lowest BCUT2D eigenvalue weighted by molar-refractivity contribution is -0.121. The topological polar surface area (TPSA) is 44.8 Å². The molecule has 0 bridgehead atoms. The third kappa shape index (κ3) is 8.19. The lowest BCUT2D eigenvalue weighted by atomic mass is 9.86. The molecule has 2 fully saturated rings. The number of benzene rings is 3. The summed E-state index contributed by atoms with van der Waals surface area (Å²) in [5.74, 6) is -2.84. The highest BCUT2D eigenvalue weighted by Crippen LogP contribution is 2.33. The van der Waals surface area contributed by atoms with Gasteiger partial charge in [0.2, 0.25) is 5.91 Å². The van der Waals surface area contributed by atoms with Gasteiger partial charge >= 0.3 is 0 Å². The van der Waals surface area contributed by atoms with E-state index in [0.717, 1.165) is 69.5 Å². The van der Waals surface area contributed by atoms with E-state index in [1.54, 1.807) is 12.1 Å². The summed E-state index contributed by atoms with van der Waals surface area (Å²) in [6.45, 7) is 5.78. The standard InChI is InChI=1S/C32H36F3N3O2.2ClH/c1-21-6-9-24(36-32(39)30-5-3-4-14-37(30)2)17-26(21)23-12-15-38(16-13-23)20-22-7-10-25(11-8-22)40-31-19-28(34)27(33)18-29(31)35;;/h6-11,17-19,23,30H,3-5,12-16,20H2,1-2H3,(H,36,39);2*1H. The van der Waals surface area contributed by atoms with E-state index < -0.39 is 17.5 Å². The maximum Gasteiger partial charge on any atom is 0.241 e. The molecule has 2 saturated heterocycles. The Bertz CT molecular complexity index is 1350. The Morgan fingerprint density at radius 3 is 2.26 bits per heavy atom. The smallest absolute Gasteiger partial charge is 0.241 e. The minimum atomic E-state index is -1.25. The zero-order chi connectivity index (χ0) is 28.2. The quantitative estimate of drug-likeness (QED) is 0.272. The lowest BCUT2D eigenvalue weighted by Gasteiger charge is -2.33. The molecule has 1 N–H and O–H groups in total. The number of rotatable bonds is 7. The van der Waals surface area contributed by atoms with Crippen LogP contribution in [0, 0.1) is 24.4 Å². The number of amides is 1. The van der Waals surface area contributed by atoms with Crippen LogP contribution in [-0.4, -0.2) is 48.4 Å². The number of nitrogens with zero attached hydrogens (tertiary/aromatic N) is 2. The summed E-state index contributed by atoms with van der Waals surface area (Å²) in [5, 5.41) is 3.16. The molecule has 1 atom stereocenters. The highest BCUT2D eigenvalue weighted by Gasteiger charge is 2.27. The first-order chi connectivity index (χ1) is 19.3. The van der Waals surface area contributed by atoms with Crippen molar-refractivity contribution in [2.45, 2.75) is 57.5 Å². The summed E-state index contributed by atoms with van der Waals surface area (Å²) >= 11 is 0. The molecule has 1 amide bonds. The lowest BCUT2D eigenvalue weighted by Crippen LogP contribution is -2.44. The van der Waals surface area contributed by atoms with Crippen LogP contribution in [-0.2, 0) is 11.3 Å². The number of ether oxygens (including phenoxy) is 1. The van der Waals surface area contributed by atoms with Crippen LogP contribution in [0.5, 0.6) is 11.5 Å². The Morgan fingerprint density at radius 1 is 0.881 bits per heavy atom. The predicted octanol–water partition coefficient (Wildman–Crippen LogP) is 7.85. The minimum Gasteiger partial charge on any atom is -0.454 e. The number of hydrogen-bond acceptors (Lipinski definition) is 4. The number of likely N-dealkylation sites (tertiary alicyclic amines) is 2. The van der Waals surface area contributed by atoms with Gasteiger partial charge in [0.05, 0.1) is 6.04 Å². The Labute approximate surface area is 258 Å². The van der Waals surface area contributed by atoms with Crippen molar-refractivity contribution in [3.05, 3.63) is 88.7 Å². The molecule has 3 aromatic rings. The van der Waals surface area contributed by atoms with Gasteiger partial charge in [-0.1, -0.05) is 24.6 Å². The number of nitrogens with one attached hydrogen (secondary N) is 1. The van der Waals surface area contributed by atoms with Gasteiger partial charge < -0.3 is 10.1 Å². The van der Waals surface area contributed by atoms with Crippen molar-refractivity contribution >= 4 is 36.4 Å². The Morgan fingerprint density at radius 2 is 1.57 bits per heavy atom. The number of likely N-dealkylation sites (N-methyl/N-ethyl adjacent to an activating group) is 1. The normalized spacial score (nSPS) is 18.1. The van der Waals surface area contributed by atoms with Gasteiger partial charge in [-0.3, -0.25) is 14.6 Å². The average molecular weight is 625 g/mol. The number of aryl methyl sites for hydroxylation is 1. The number of carbonyl (C=O) groups is 1. The summed E-state index contributed by atoms with van der Waals surface area (Å²) in [7, 11) is 2.03. The van der Waals surface area contributed by atoms with Crippen molar-refractivity contribution < 1.29 is 22.7 Å². The van der Waals surface area contributed by atoms with E-state index in [-0.39, 0.29) is 42.5 Å². The second-order valence-corrected chi connectivity index (χ2v) is 11.0. The van der Waals surface area contributed by atoms with E-state index in [1.807, 2.05) is 25.2 Å². The van der Waals surface area contributed by atoms with Gasteiger partial charge in [-0.25, -0.2) is 13.2 Å². The van der Waals surface area contributed by atoms with Crippen molar-refractivity contribution in [2.24, 2.45) is 0 Å². The van der Waals surface area contributed by atoms with Gasteiger partial charge in [-0.2, -0.15) is 0 Å². The van der Waals surface area contributed by atoms with Crippen LogP contribution in [0.2, 0.25) is 0 Å². The summed E-state index contributed by atoms with van der Waals surface area (Å²) < 4.78 is 45.9. The fourth-order valence-electron chi connectivity index (χ4n) is 5.82. The molecule has 228 valence electrons. The van der Waals surface area contributed by atoms with E-state index in [0.29, 0.717) is 23.8 Å². The van der Waals surface area contributed by atoms with E-state index in [9.17, 15) is 18.0 Å². The van der Waals surface area contributed by atoms with Gasteiger partial charge in [0.25, 0.3) is 0 Å². The van der Waals surface area contributed by atoms with Gasteiger partial charge in [0, 0.05) is 24.4 Å². The van der Waals surface area contributed by atoms with Gasteiger partial charge in [0.1, 0.15) is 5.75 Å². The predicted molar refractivity (Wildman–Crippen MR) is 165 cm³/mol. The molecule has 0 radical (unpaired) electrons. The monoisotopic (exact) mass is 623 g/mol. The molecule has 2 aliphatic heterocycles. The highest BCUT2D eigenvalue weighted by molar-refractivity contribution is 5.95. The molecule has 1 unspecified atom stereocenters. The van der Waals surface area contributed by atoms with Gasteiger partial charge in [-0.05, 0) is 106 Å². The first-order valence-corrected chi connectivity index (χ1v) is 14.0. The second kappa shape index (κ2) is 15.1. The highest BCUT2D eigenvalue weighted by atomic mass is 35.5. The van der Waals surface area contributed by atoms with Crippen molar-refractivity contribution in [3.63, 3.8) is 0 Å². The van der Waals surface area contributed by atoms with Crippen LogP contribution in [0.3, 0.4) is 0 Å². The molecule has 42 heavy (non-hydrogen) atoms. The fraction of sp³-hybridized carbons (Fsp3) is 0.406. The maximum atomic E-state index is 13.9. The molecule has 0 aromatic heterocycles. The SMILES string of the molecule is Cc1ccc(NC(=O)C2CCCCN2C)cc1C1CCN(Cc2ccc(Oc3cc(F)c(F)cc3F)cc2)CC1.Cl.Cl. The number of halogens is 5. The molecule has 5 nitrogen and oxygen atoms in total. The molecule has 2 heterocycles. The largest absolute Gasteiger partial charge is 0.454 e. The third-order valence-electron chi connectivity index (χ3n) is 8.18. The van der Waals surface area contributed by atoms with Crippen LogP contribution in [0.1, 0.15) is 54.7 Å². The maximum absolute atomic E-state index is 13.9. The summed E-state index contributed by atoms with van der Waals surface area (Å²) in [6.07, 6.45) is 5.20. The van der Waals surface area contributed by atoms with Crippen molar-refractivity contribution in [3.8, 4) is 11.5 Å². The molecule has 10 heteroatoms. The van der Waals surface area contributed by atoms with Gasteiger partial charge in [0.15, 0.2) is 23.2 Å². The number of piperidine rings is 2. The summed E-state index contributed by atoms with van der Waals surface area (Å²) in [5.41, 5.74) is 4.52. The Kier molecular flexibility index (Phi) is 12.1. The second-order valence-electron chi connectivity index (χ2n) is 11.0. The van der Waals surface area contributed by atoms with Crippen molar-refractivity contribution in [1.29, 1.82) is 0 Å². The molecule has 0 aliphatic carbocycles. The average Bonchev–Trinajstić information content (AvgIpc) is 2.94. The van der Waals surface area contributed by atoms with Crippen LogP contribution in [0.15, 0.2) is 54.6 Å².